The van der Waals surface area contributed by atoms with Crippen LogP contribution in [0.2, 0.25) is 0 Å². The fourth-order valence-electron chi connectivity index (χ4n) is 1.62. The Morgan fingerprint density at radius 1 is 1.29 bits per heavy atom. The van der Waals surface area contributed by atoms with E-state index in [9.17, 15) is 9.59 Å². The van der Waals surface area contributed by atoms with Gasteiger partial charge in [0, 0.05) is 12.5 Å². The Balaban J connectivity index is 4.07. The number of aliphatic carboxylic acids is 1. The van der Waals surface area contributed by atoms with E-state index in [4.69, 9.17) is 5.11 Å². The van der Waals surface area contributed by atoms with Crippen molar-refractivity contribution in [2.45, 2.75) is 58.5 Å². The second kappa shape index (κ2) is 8.98. The molecule has 100 valence electrons. The van der Waals surface area contributed by atoms with E-state index in [0.29, 0.717) is 12.8 Å². The molecular formula is C12H24N2O3. The molecule has 3 N–H and O–H groups in total. The number of carbonyl (C=O) groups excluding carboxylic acids is 1. The third-order valence-corrected chi connectivity index (χ3v) is 2.52. The molecule has 1 unspecified atom stereocenters. The number of amides is 1. The predicted octanol–water partition coefficient (Wildman–Crippen LogP) is 1.13. The molecule has 0 saturated heterocycles. The molecule has 0 bridgehead atoms. The van der Waals surface area contributed by atoms with E-state index in [-0.39, 0.29) is 11.9 Å². The highest BCUT2D eigenvalue weighted by Crippen LogP contribution is 2.02. The van der Waals surface area contributed by atoms with Crippen LogP contribution in [0.4, 0.5) is 0 Å². The van der Waals surface area contributed by atoms with Crippen LogP contribution in [-0.4, -0.2) is 35.6 Å². The highest BCUT2D eigenvalue weighted by Gasteiger charge is 2.19. The van der Waals surface area contributed by atoms with Gasteiger partial charge in [0.15, 0.2) is 0 Å². The summed E-state index contributed by atoms with van der Waals surface area (Å²) in [4.78, 5) is 22.5. The van der Waals surface area contributed by atoms with Crippen LogP contribution < -0.4 is 10.6 Å². The molecule has 0 aromatic carbocycles. The first-order valence-corrected chi connectivity index (χ1v) is 6.26. The molecule has 5 nitrogen and oxygen atoms in total. The zero-order valence-electron chi connectivity index (χ0n) is 11.0. The van der Waals surface area contributed by atoms with Crippen molar-refractivity contribution in [1.82, 2.24) is 10.6 Å². The zero-order valence-corrected chi connectivity index (χ0v) is 11.0. The lowest BCUT2D eigenvalue weighted by Gasteiger charge is -2.16. The van der Waals surface area contributed by atoms with Crippen molar-refractivity contribution in [3.05, 3.63) is 0 Å². The van der Waals surface area contributed by atoms with E-state index >= 15 is 0 Å². The van der Waals surface area contributed by atoms with E-state index < -0.39 is 12.0 Å². The average Bonchev–Trinajstić information content (AvgIpc) is 2.23. The number of carboxylic acid groups (broad SMARTS) is 1. The van der Waals surface area contributed by atoms with Gasteiger partial charge in [0.1, 0.15) is 6.04 Å². The number of hydrogen-bond acceptors (Lipinski definition) is 3. The van der Waals surface area contributed by atoms with E-state index in [1.165, 1.54) is 0 Å². The molecule has 0 rings (SSSR count). The summed E-state index contributed by atoms with van der Waals surface area (Å²) < 4.78 is 0. The van der Waals surface area contributed by atoms with E-state index in [0.717, 1.165) is 19.4 Å². The van der Waals surface area contributed by atoms with Crippen LogP contribution in [0.15, 0.2) is 0 Å². The number of carbonyl (C=O) groups is 2. The van der Waals surface area contributed by atoms with Crippen molar-refractivity contribution in [2.75, 3.05) is 6.54 Å². The molecule has 1 amide bonds. The summed E-state index contributed by atoms with van der Waals surface area (Å²) in [7, 11) is 0. The van der Waals surface area contributed by atoms with Gasteiger partial charge in [-0.1, -0.05) is 26.7 Å². The molecule has 0 saturated carbocycles. The van der Waals surface area contributed by atoms with Crippen LogP contribution >= 0.6 is 0 Å². The molecule has 5 heteroatoms. The maximum Gasteiger partial charge on any atom is 0.326 e. The molecule has 0 aliphatic carbocycles. The van der Waals surface area contributed by atoms with Gasteiger partial charge in [-0.05, 0) is 19.9 Å². The number of hydrogen-bond donors (Lipinski definition) is 3. The van der Waals surface area contributed by atoms with E-state index in [1.807, 2.05) is 20.8 Å². The lowest BCUT2D eigenvalue weighted by molar-refractivity contribution is -0.142. The molecule has 0 aliphatic rings. The second-order valence-corrected chi connectivity index (χ2v) is 4.26. The molecule has 0 fully saturated rings. The third-order valence-electron chi connectivity index (χ3n) is 2.52. The standard InChI is InChI=1S/C12H24N2O3/c1-4-6-7-10(12(16)17)14-11(15)8-9(3)13-5-2/h9-10,13H,4-8H2,1-3H3,(H,14,15)(H,16,17)/t9?,10-/m0/s1. The lowest BCUT2D eigenvalue weighted by Crippen LogP contribution is -2.43. The molecule has 0 aliphatic heterocycles. The van der Waals surface area contributed by atoms with Crippen LogP contribution in [0.25, 0.3) is 0 Å². The SMILES string of the molecule is CCCC[C@H](NC(=O)CC(C)NCC)C(=O)O. The van der Waals surface area contributed by atoms with Crippen LogP contribution in [0.1, 0.15) is 46.5 Å². The van der Waals surface area contributed by atoms with Gasteiger partial charge >= 0.3 is 5.97 Å². The smallest absolute Gasteiger partial charge is 0.326 e. The summed E-state index contributed by atoms with van der Waals surface area (Å²) in [6, 6.07) is -0.683. The molecule has 2 atom stereocenters. The number of carboxylic acids is 1. The topological polar surface area (TPSA) is 78.4 Å². The van der Waals surface area contributed by atoms with Gasteiger partial charge in [-0.2, -0.15) is 0 Å². The summed E-state index contributed by atoms with van der Waals surface area (Å²) in [5.41, 5.74) is 0. The Hall–Kier alpha value is -1.10. The second-order valence-electron chi connectivity index (χ2n) is 4.26. The first kappa shape index (κ1) is 15.9. The van der Waals surface area contributed by atoms with Crippen LogP contribution in [-0.2, 0) is 9.59 Å². The normalized spacial score (nSPS) is 14.1. The molecule has 0 radical (unpaired) electrons. The Bertz CT molecular complexity index is 244. The average molecular weight is 244 g/mol. The summed E-state index contributed by atoms with van der Waals surface area (Å²) in [5.74, 6) is -1.16. The maximum absolute atomic E-state index is 11.6. The highest BCUT2D eigenvalue weighted by atomic mass is 16.4. The van der Waals surface area contributed by atoms with Crippen LogP contribution in [0, 0.1) is 0 Å². The van der Waals surface area contributed by atoms with Crippen molar-refractivity contribution in [1.29, 1.82) is 0 Å². The van der Waals surface area contributed by atoms with Crippen molar-refractivity contribution >= 4 is 11.9 Å². The van der Waals surface area contributed by atoms with Crippen molar-refractivity contribution in [2.24, 2.45) is 0 Å². The minimum atomic E-state index is -0.956. The molecule has 0 aromatic heterocycles. The van der Waals surface area contributed by atoms with E-state index in [1.54, 1.807) is 0 Å². The Kier molecular flexibility index (Phi) is 8.40. The van der Waals surface area contributed by atoms with Gasteiger partial charge in [0.2, 0.25) is 5.91 Å². The fourth-order valence-corrected chi connectivity index (χ4v) is 1.62. The third kappa shape index (κ3) is 7.74. The predicted molar refractivity (Wildman–Crippen MR) is 66.8 cm³/mol. The van der Waals surface area contributed by atoms with Crippen LogP contribution in [0.3, 0.4) is 0 Å². The summed E-state index contributed by atoms with van der Waals surface area (Å²) >= 11 is 0. The maximum atomic E-state index is 11.6. The number of rotatable bonds is 9. The molecule has 0 spiro atoms. The Morgan fingerprint density at radius 2 is 1.94 bits per heavy atom. The van der Waals surface area contributed by atoms with Gasteiger partial charge < -0.3 is 15.7 Å². The zero-order chi connectivity index (χ0) is 13.3. The summed E-state index contributed by atoms with van der Waals surface area (Å²) in [5, 5.41) is 14.6. The fraction of sp³-hybridized carbons (Fsp3) is 0.833. The van der Waals surface area contributed by atoms with Gasteiger partial charge in [-0.3, -0.25) is 4.79 Å². The van der Waals surface area contributed by atoms with Gasteiger partial charge in [0.25, 0.3) is 0 Å². The molecule has 0 aromatic rings. The molecule has 17 heavy (non-hydrogen) atoms. The van der Waals surface area contributed by atoms with E-state index in [2.05, 4.69) is 10.6 Å². The largest absolute Gasteiger partial charge is 0.480 e. The van der Waals surface area contributed by atoms with Crippen molar-refractivity contribution < 1.29 is 14.7 Å². The van der Waals surface area contributed by atoms with Gasteiger partial charge in [-0.15, -0.1) is 0 Å². The van der Waals surface area contributed by atoms with Crippen LogP contribution in [0.5, 0.6) is 0 Å². The first-order valence-electron chi connectivity index (χ1n) is 6.26. The van der Waals surface area contributed by atoms with Gasteiger partial charge in [0.05, 0.1) is 0 Å². The van der Waals surface area contributed by atoms with Crippen molar-refractivity contribution in [3.8, 4) is 0 Å². The number of unbranched alkanes of at least 4 members (excludes halogenated alkanes) is 1. The van der Waals surface area contributed by atoms with Gasteiger partial charge in [-0.25, -0.2) is 4.79 Å². The molecular weight excluding hydrogens is 220 g/mol. The minimum absolute atomic E-state index is 0.0700. The Morgan fingerprint density at radius 3 is 2.41 bits per heavy atom. The quantitative estimate of drug-likeness (QED) is 0.568. The lowest BCUT2D eigenvalue weighted by atomic mass is 10.1. The monoisotopic (exact) mass is 244 g/mol. The van der Waals surface area contributed by atoms with Crippen molar-refractivity contribution in [3.63, 3.8) is 0 Å². The summed E-state index contributed by atoms with van der Waals surface area (Å²) in [6.07, 6.45) is 2.53. The minimum Gasteiger partial charge on any atom is -0.480 e. The first-order chi connectivity index (χ1) is 8.01. The number of nitrogens with one attached hydrogen (secondary N) is 2. The summed E-state index contributed by atoms with van der Waals surface area (Å²) in [6.45, 7) is 6.67. The Labute approximate surface area is 103 Å². The molecule has 0 heterocycles. The highest BCUT2D eigenvalue weighted by molar-refractivity contribution is 5.83.